The lowest BCUT2D eigenvalue weighted by atomic mass is 9.98. The number of hydrogen-bond acceptors (Lipinski definition) is 5. The third-order valence-electron chi connectivity index (χ3n) is 3.71. The van der Waals surface area contributed by atoms with Crippen LogP contribution in [0.3, 0.4) is 0 Å². The van der Waals surface area contributed by atoms with E-state index in [9.17, 15) is 4.79 Å². The molecule has 0 aromatic heterocycles. The fourth-order valence-electron chi connectivity index (χ4n) is 2.62. The number of carbonyl (C=O) groups is 1. The van der Waals surface area contributed by atoms with Crippen molar-refractivity contribution in [3.05, 3.63) is 29.8 Å². The summed E-state index contributed by atoms with van der Waals surface area (Å²) < 4.78 is 16.4. The first-order valence-corrected chi connectivity index (χ1v) is 7.79. The topological polar surface area (TPSA) is 74.0 Å². The molecule has 1 aliphatic rings. The molecule has 2 atom stereocenters. The summed E-state index contributed by atoms with van der Waals surface area (Å²) in [5.41, 5.74) is 6.73. The quantitative estimate of drug-likeness (QED) is 0.924. The Bertz CT molecular complexity index is 542. The summed E-state index contributed by atoms with van der Waals surface area (Å²) >= 11 is 0. The van der Waals surface area contributed by atoms with Crippen LogP contribution in [0.2, 0.25) is 0 Å². The van der Waals surface area contributed by atoms with Gasteiger partial charge in [0.25, 0.3) is 0 Å². The van der Waals surface area contributed by atoms with Gasteiger partial charge in [0.1, 0.15) is 11.4 Å². The first kappa shape index (κ1) is 17.6. The van der Waals surface area contributed by atoms with Crippen LogP contribution in [0, 0.1) is 0 Å². The third-order valence-corrected chi connectivity index (χ3v) is 3.71. The summed E-state index contributed by atoms with van der Waals surface area (Å²) in [6.45, 7) is 6.86. The van der Waals surface area contributed by atoms with Crippen molar-refractivity contribution < 1.29 is 19.0 Å². The fraction of sp³-hybridized carbons (Fsp3) is 0.588. The molecule has 2 rings (SSSR count). The Kier molecular flexibility index (Phi) is 5.49. The van der Waals surface area contributed by atoms with Gasteiger partial charge in [0.05, 0.1) is 32.4 Å². The van der Waals surface area contributed by atoms with Gasteiger partial charge in [-0.2, -0.15) is 0 Å². The monoisotopic (exact) mass is 322 g/mol. The number of nitrogens with zero attached hydrogens (tertiary/aromatic N) is 1. The van der Waals surface area contributed by atoms with Gasteiger partial charge in [-0.25, -0.2) is 4.79 Å². The molecular formula is C17H26N2O4. The van der Waals surface area contributed by atoms with E-state index in [1.54, 1.807) is 12.0 Å². The van der Waals surface area contributed by atoms with E-state index in [1.807, 2.05) is 45.0 Å². The molecule has 128 valence electrons. The number of rotatable bonds is 3. The molecule has 1 saturated heterocycles. The van der Waals surface area contributed by atoms with Crippen LogP contribution < -0.4 is 10.5 Å². The zero-order chi connectivity index (χ0) is 17.0. The van der Waals surface area contributed by atoms with Gasteiger partial charge >= 0.3 is 6.09 Å². The van der Waals surface area contributed by atoms with Gasteiger partial charge in [0.15, 0.2) is 0 Å². The van der Waals surface area contributed by atoms with Gasteiger partial charge in [-0.15, -0.1) is 0 Å². The van der Waals surface area contributed by atoms with Crippen molar-refractivity contribution in [2.75, 3.05) is 26.9 Å². The van der Waals surface area contributed by atoms with Crippen LogP contribution in [0.5, 0.6) is 5.75 Å². The van der Waals surface area contributed by atoms with Crippen molar-refractivity contribution in [2.45, 2.75) is 38.5 Å². The van der Waals surface area contributed by atoms with E-state index in [1.165, 1.54) is 0 Å². The molecule has 23 heavy (non-hydrogen) atoms. The maximum absolute atomic E-state index is 12.5. The Labute approximate surface area is 137 Å². The third kappa shape index (κ3) is 4.36. The Hall–Kier alpha value is -1.79. The van der Waals surface area contributed by atoms with Crippen LogP contribution >= 0.6 is 0 Å². The van der Waals surface area contributed by atoms with Gasteiger partial charge in [-0.3, -0.25) is 4.90 Å². The van der Waals surface area contributed by atoms with Gasteiger partial charge in [-0.1, -0.05) is 18.2 Å². The lowest BCUT2D eigenvalue weighted by molar-refractivity contribution is -0.0383. The molecule has 0 bridgehead atoms. The van der Waals surface area contributed by atoms with E-state index in [0.717, 1.165) is 5.56 Å². The molecule has 6 nitrogen and oxygen atoms in total. The van der Waals surface area contributed by atoms with Crippen LogP contribution in [0.4, 0.5) is 4.79 Å². The number of benzene rings is 1. The predicted molar refractivity (Wildman–Crippen MR) is 87.5 cm³/mol. The highest BCUT2D eigenvalue weighted by molar-refractivity contribution is 5.69. The van der Waals surface area contributed by atoms with E-state index < -0.39 is 11.6 Å². The predicted octanol–water partition coefficient (Wildman–Crippen LogP) is 2.33. The van der Waals surface area contributed by atoms with Gasteiger partial charge in [0.2, 0.25) is 0 Å². The van der Waals surface area contributed by atoms with Crippen LogP contribution in [0.1, 0.15) is 32.4 Å². The van der Waals surface area contributed by atoms with Crippen molar-refractivity contribution in [1.82, 2.24) is 4.90 Å². The second-order valence-electron chi connectivity index (χ2n) is 6.58. The second-order valence-corrected chi connectivity index (χ2v) is 6.58. The molecule has 0 radical (unpaired) electrons. The molecule has 0 aliphatic carbocycles. The zero-order valence-corrected chi connectivity index (χ0v) is 14.2. The minimum Gasteiger partial charge on any atom is -0.496 e. The number of morpholine rings is 1. The van der Waals surface area contributed by atoms with Crippen LogP contribution in [0.25, 0.3) is 0 Å². The summed E-state index contributed by atoms with van der Waals surface area (Å²) in [7, 11) is 1.61. The summed E-state index contributed by atoms with van der Waals surface area (Å²) in [5, 5.41) is 0. The van der Waals surface area contributed by atoms with Crippen LogP contribution in [0.15, 0.2) is 24.3 Å². The van der Waals surface area contributed by atoms with Crippen molar-refractivity contribution in [2.24, 2.45) is 5.73 Å². The average Bonchev–Trinajstić information content (AvgIpc) is 2.52. The summed E-state index contributed by atoms with van der Waals surface area (Å²) in [6, 6.07) is 6.84. The molecule has 1 aromatic rings. The van der Waals surface area contributed by atoms with Crippen molar-refractivity contribution in [1.29, 1.82) is 0 Å². The summed E-state index contributed by atoms with van der Waals surface area (Å²) in [6.07, 6.45) is -0.365. The van der Waals surface area contributed by atoms with Crippen molar-refractivity contribution >= 4 is 6.09 Å². The Balaban J connectivity index is 2.22. The maximum Gasteiger partial charge on any atom is 0.410 e. The van der Waals surface area contributed by atoms with Crippen molar-refractivity contribution in [3.63, 3.8) is 0 Å². The lowest BCUT2D eigenvalue weighted by Gasteiger charge is -2.39. The molecule has 0 saturated carbocycles. The number of ether oxygens (including phenoxy) is 3. The van der Waals surface area contributed by atoms with E-state index in [-0.39, 0.29) is 12.1 Å². The molecule has 1 aromatic carbocycles. The number of nitrogens with two attached hydrogens (primary N) is 1. The molecule has 2 unspecified atom stereocenters. The minimum atomic E-state index is -0.547. The molecule has 1 heterocycles. The van der Waals surface area contributed by atoms with Gasteiger partial charge in [-0.05, 0) is 26.8 Å². The van der Waals surface area contributed by atoms with E-state index >= 15 is 0 Å². The molecule has 1 fully saturated rings. The number of amides is 1. The Morgan fingerprint density at radius 1 is 1.39 bits per heavy atom. The number of carbonyl (C=O) groups excluding carboxylic acids is 1. The zero-order valence-electron chi connectivity index (χ0n) is 14.2. The van der Waals surface area contributed by atoms with Crippen LogP contribution in [-0.4, -0.2) is 49.5 Å². The standard InChI is InChI=1S/C17H26N2O4/c1-17(2,3)23-16(20)19-9-10-22-11-13(19)15(18)12-7-5-6-8-14(12)21-4/h5-8,13,15H,9-11,18H2,1-4H3. The molecule has 0 spiro atoms. The normalized spacial score (nSPS) is 20.0. The van der Waals surface area contributed by atoms with E-state index in [4.69, 9.17) is 19.9 Å². The second kappa shape index (κ2) is 7.19. The lowest BCUT2D eigenvalue weighted by Crippen LogP contribution is -2.54. The first-order chi connectivity index (χ1) is 10.8. The Morgan fingerprint density at radius 2 is 2.09 bits per heavy atom. The highest BCUT2D eigenvalue weighted by Crippen LogP contribution is 2.29. The smallest absolute Gasteiger partial charge is 0.410 e. The number of para-hydroxylation sites is 1. The molecule has 1 aliphatic heterocycles. The Morgan fingerprint density at radius 3 is 2.74 bits per heavy atom. The number of hydrogen-bond donors (Lipinski definition) is 1. The highest BCUT2D eigenvalue weighted by Gasteiger charge is 2.36. The molecule has 1 amide bonds. The number of methoxy groups -OCH3 is 1. The first-order valence-electron chi connectivity index (χ1n) is 7.79. The minimum absolute atomic E-state index is 0.296. The molecule has 6 heteroatoms. The van der Waals surface area contributed by atoms with E-state index in [2.05, 4.69) is 0 Å². The summed E-state index contributed by atoms with van der Waals surface area (Å²) in [5.74, 6) is 0.703. The molecular weight excluding hydrogens is 296 g/mol. The fourth-order valence-corrected chi connectivity index (χ4v) is 2.62. The van der Waals surface area contributed by atoms with E-state index in [0.29, 0.717) is 25.5 Å². The van der Waals surface area contributed by atoms with Gasteiger partial charge in [0, 0.05) is 12.1 Å². The SMILES string of the molecule is COc1ccccc1C(N)C1COCCN1C(=O)OC(C)(C)C. The summed E-state index contributed by atoms with van der Waals surface area (Å²) in [4.78, 5) is 14.1. The maximum atomic E-state index is 12.5. The van der Waals surface area contributed by atoms with Crippen molar-refractivity contribution in [3.8, 4) is 5.75 Å². The van der Waals surface area contributed by atoms with Crippen LogP contribution in [-0.2, 0) is 9.47 Å². The van der Waals surface area contributed by atoms with Gasteiger partial charge < -0.3 is 19.9 Å². The highest BCUT2D eigenvalue weighted by atomic mass is 16.6. The average molecular weight is 322 g/mol. The largest absolute Gasteiger partial charge is 0.496 e. The molecule has 2 N–H and O–H groups in total.